The number of likely N-dealkylation sites (tertiary alicyclic amines) is 1. The van der Waals surface area contributed by atoms with Crippen LogP contribution in [0.4, 0.5) is 15.1 Å². The second kappa shape index (κ2) is 12.4. The molecule has 3 heterocycles. The van der Waals surface area contributed by atoms with Crippen LogP contribution in [0.5, 0.6) is 11.5 Å². The Balaban J connectivity index is 1.56. The fraction of sp³-hybridized carbons (Fsp3) is 0.387. The van der Waals surface area contributed by atoms with E-state index in [2.05, 4.69) is 14.9 Å². The Kier molecular flexibility index (Phi) is 8.79. The minimum atomic E-state index is -4.24. The number of aryl methyl sites for hydroxylation is 1. The number of methoxy groups -OCH3 is 2. The lowest BCUT2D eigenvalue weighted by Gasteiger charge is -2.38. The minimum absolute atomic E-state index is 0.141. The molecule has 0 unspecified atom stereocenters. The highest BCUT2D eigenvalue weighted by molar-refractivity contribution is 7.93. The molecule has 1 saturated heterocycles. The molecular formula is C31H36FN5O7S. The number of rotatable bonds is 8. The van der Waals surface area contributed by atoms with Gasteiger partial charge in [-0.3, -0.25) is 9.29 Å². The van der Waals surface area contributed by atoms with E-state index in [1.54, 1.807) is 70.2 Å². The molecule has 2 aromatic carbocycles. The van der Waals surface area contributed by atoms with E-state index in [9.17, 15) is 17.6 Å². The predicted molar refractivity (Wildman–Crippen MR) is 165 cm³/mol. The number of sulfonamides is 1. The fourth-order valence-electron chi connectivity index (χ4n) is 5.27. The van der Waals surface area contributed by atoms with Gasteiger partial charge in [-0.15, -0.1) is 10.2 Å². The average Bonchev–Trinajstić information content (AvgIpc) is 3.61. The van der Waals surface area contributed by atoms with E-state index in [1.165, 1.54) is 35.8 Å². The van der Waals surface area contributed by atoms with Crippen molar-refractivity contribution in [2.75, 3.05) is 32.0 Å². The Labute approximate surface area is 261 Å². The molecule has 0 spiro atoms. The SMILES string of the molecule is COc1cccc(OC)c1-n1c(NS(=O)(=O)[C@@H]2C[C@H](c3ccc(F)cc3)CN(C(=O)OC(C)(C)C)C2)nnc1-c1ccc(C)o1. The van der Waals surface area contributed by atoms with Crippen LogP contribution in [-0.2, 0) is 14.8 Å². The van der Waals surface area contributed by atoms with Gasteiger partial charge in [0.15, 0.2) is 5.76 Å². The molecule has 14 heteroatoms. The lowest BCUT2D eigenvalue weighted by molar-refractivity contribution is 0.0202. The van der Waals surface area contributed by atoms with Crippen molar-refractivity contribution in [1.82, 2.24) is 19.7 Å². The number of nitrogens with one attached hydrogen (secondary N) is 1. The highest BCUT2D eigenvalue weighted by atomic mass is 32.2. The van der Waals surface area contributed by atoms with Crippen LogP contribution < -0.4 is 14.2 Å². The Morgan fingerprint density at radius 3 is 2.24 bits per heavy atom. The number of ether oxygens (including phenoxy) is 3. The second-order valence-corrected chi connectivity index (χ2v) is 13.7. The molecular weight excluding hydrogens is 605 g/mol. The first kappa shape index (κ1) is 31.8. The number of piperidine rings is 1. The molecule has 240 valence electrons. The van der Waals surface area contributed by atoms with Crippen LogP contribution >= 0.6 is 0 Å². The first-order chi connectivity index (χ1) is 21.3. The molecule has 2 aromatic heterocycles. The highest BCUT2D eigenvalue weighted by Crippen LogP contribution is 2.39. The maximum Gasteiger partial charge on any atom is 0.410 e. The molecule has 1 amide bonds. The van der Waals surface area contributed by atoms with E-state index in [-0.39, 0.29) is 31.3 Å². The maximum absolute atomic E-state index is 14.2. The quantitative estimate of drug-likeness (QED) is 0.263. The highest BCUT2D eigenvalue weighted by Gasteiger charge is 2.40. The zero-order valence-corrected chi connectivity index (χ0v) is 26.7. The van der Waals surface area contributed by atoms with Crippen molar-refractivity contribution in [2.24, 2.45) is 0 Å². The van der Waals surface area contributed by atoms with Gasteiger partial charge >= 0.3 is 6.09 Å². The van der Waals surface area contributed by atoms with Crippen LogP contribution in [0.25, 0.3) is 17.3 Å². The molecule has 4 aromatic rings. The molecule has 1 N–H and O–H groups in total. The summed E-state index contributed by atoms with van der Waals surface area (Å²) in [6.07, 6.45) is -0.497. The molecule has 0 radical (unpaired) electrons. The molecule has 0 aliphatic carbocycles. The summed E-state index contributed by atoms with van der Waals surface area (Å²) in [6.45, 7) is 7.04. The number of hydrogen-bond donors (Lipinski definition) is 1. The Bertz CT molecular complexity index is 1760. The summed E-state index contributed by atoms with van der Waals surface area (Å²) in [6, 6.07) is 14.4. The average molecular weight is 642 g/mol. The Hall–Kier alpha value is -4.59. The van der Waals surface area contributed by atoms with E-state index in [0.29, 0.717) is 34.3 Å². The Morgan fingerprint density at radius 1 is 1.00 bits per heavy atom. The maximum atomic E-state index is 14.2. The standard InChI is InChI=1S/C31H36FN5O7S/c1-19-10-15-26(43-19)28-33-34-29(37(28)27-24(41-5)8-7-9-25(27)42-6)35-45(39,40)23-16-21(20-11-13-22(32)14-12-20)17-36(18-23)30(38)44-31(2,3)4/h7-15,21,23H,16-18H2,1-6H3,(H,34,35)/t21-,23+/m0/s1. The van der Waals surface area contributed by atoms with Gasteiger partial charge in [-0.2, -0.15) is 0 Å². The van der Waals surface area contributed by atoms with E-state index < -0.39 is 38.7 Å². The van der Waals surface area contributed by atoms with Crippen LogP contribution in [0.1, 0.15) is 44.4 Å². The van der Waals surface area contributed by atoms with Crippen LogP contribution in [0.2, 0.25) is 0 Å². The van der Waals surface area contributed by atoms with Gasteiger partial charge in [-0.05, 0) is 76.1 Å². The number of hydrogen-bond acceptors (Lipinski definition) is 9. The van der Waals surface area contributed by atoms with Crippen molar-refractivity contribution in [3.63, 3.8) is 0 Å². The second-order valence-electron chi connectivity index (χ2n) is 11.7. The first-order valence-electron chi connectivity index (χ1n) is 14.3. The van der Waals surface area contributed by atoms with Gasteiger partial charge in [0.1, 0.15) is 34.4 Å². The van der Waals surface area contributed by atoms with Gasteiger partial charge in [-0.1, -0.05) is 18.2 Å². The number of benzene rings is 2. The van der Waals surface area contributed by atoms with Gasteiger partial charge in [0, 0.05) is 19.0 Å². The van der Waals surface area contributed by atoms with Crippen molar-refractivity contribution in [3.8, 4) is 28.8 Å². The van der Waals surface area contributed by atoms with E-state index in [0.717, 1.165) is 0 Å². The molecule has 45 heavy (non-hydrogen) atoms. The molecule has 1 fully saturated rings. The van der Waals surface area contributed by atoms with E-state index in [1.807, 2.05) is 0 Å². The third kappa shape index (κ3) is 6.90. The summed E-state index contributed by atoms with van der Waals surface area (Å²) in [5, 5.41) is 7.38. The van der Waals surface area contributed by atoms with E-state index >= 15 is 0 Å². The van der Waals surface area contributed by atoms with Crippen molar-refractivity contribution in [3.05, 3.63) is 71.7 Å². The third-order valence-electron chi connectivity index (χ3n) is 7.33. The van der Waals surface area contributed by atoms with Crippen molar-refractivity contribution < 1.29 is 36.2 Å². The molecule has 2 atom stereocenters. The van der Waals surface area contributed by atoms with E-state index in [4.69, 9.17) is 18.6 Å². The molecule has 1 aliphatic heterocycles. The smallest absolute Gasteiger partial charge is 0.410 e. The summed E-state index contributed by atoms with van der Waals surface area (Å²) in [5.74, 6) is 0.906. The normalized spacial score (nSPS) is 17.2. The van der Waals surface area contributed by atoms with Crippen molar-refractivity contribution in [2.45, 2.75) is 50.9 Å². The zero-order chi connectivity index (χ0) is 32.5. The molecule has 0 bridgehead atoms. The number of amides is 1. The van der Waals surface area contributed by atoms with Gasteiger partial charge in [0.2, 0.25) is 21.8 Å². The number of carbonyl (C=O) groups is 1. The van der Waals surface area contributed by atoms with Crippen molar-refractivity contribution >= 4 is 22.1 Å². The topological polar surface area (TPSA) is 138 Å². The minimum Gasteiger partial charge on any atom is -0.494 e. The van der Waals surface area contributed by atoms with Gasteiger partial charge in [0.25, 0.3) is 0 Å². The van der Waals surface area contributed by atoms with Crippen LogP contribution in [0.15, 0.2) is 59.0 Å². The predicted octanol–water partition coefficient (Wildman–Crippen LogP) is 5.53. The number of aromatic nitrogens is 3. The zero-order valence-electron chi connectivity index (χ0n) is 25.9. The lowest BCUT2D eigenvalue weighted by atomic mass is 9.90. The summed E-state index contributed by atoms with van der Waals surface area (Å²) < 4.78 is 68.8. The fourth-order valence-corrected chi connectivity index (χ4v) is 6.68. The summed E-state index contributed by atoms with van der Waals surface area (Å²) in [5.41, 5.74) is 0.247. The third-order valence-corrected chi connectivity index (χ3v) is 9.01. The van der Waals surface area contributed by atoms with Gasteiger partial charge in [-0.25, -0.2) is 17.6 Å². The number of carbonyl (C=O) groups excluding carboxylic acids is 1. The van der Waals surface area contributed by atoms with Gasteiger partial charge < -0.3 is 23.5 Å². The number of para-hydroxylation sites is 1. The molecule has 1 aliphatic rings. The number of furan rings is 1. The molecule has 0 saturated carbocycles. The summed E-state index contributed by atoms with van der Waals surface area (Å²) >= 11 is 0. The number of halogens is 1. The largest absolute Gasteiger partial charge is 0.494 e. The van der Waals surface area contributed by atoms with Crippen LogP contribution in [0.3, 0.4) is 0 Å². The number of nitrogens with zero attached hydrogens (tertiary/aromatic N) is 4. The molecule has 5 rings (SSSR count). The first-order valence-corrected chi connectivity index (χ1v) is 15.8. The molecule has 12 nitrogen and oxygen atoms in total. The lowest BCUT2D eigenvalue weighted by Crippen LogP contribution is -2.50. The number of anilines is 1. The van der Waals surface area contributed by atoms with Crippen LogP contribution in [-0.4, -0.2) is 72.3 Å². The Morgan fingerprint density at radius 2 is 1.67 bits per heavy atom. The van der Waals surface area contributed by atoms with Crippen molar-refractivity contribution in [1.29, 1.82) is 0 Å². The summed E-state index contributed by atoms with van der Waals surface area (Å²) in [7, 11) is -1.28. The van der Waals surface area contributed by atoms with Gasteiger partial charge in [0.05, 0.1) is 19.5 Å². The monoisotopic (exact) mass is 641 g/mol. The van der Waals surface area contributed by atoms with Crippen LogP contribution in [0, 0.1) is 12.7 Å². The summed E-state index contributed by atoms with van der Waals surface area (Å²) in [4.78, 5) is 14.6.